The summed E-state index contributed by atoms with van der Waals surface area (Å²) >= 11 is 7.84. The van der Waals surface area contributed by atoms with Crippen molar-refractivity contribution in [3.05, 3.63) is 65.2 Å². The molecule has 3 heteroatoms. The van der Waals surface area contributed by atoms with Crippen molar-refractivity contribution < 1.29 is 0 Å². The SMILES string of the molecule is Clc1cccc(Sc2ccccc2C2=CCNCC2)c1. The number of benzene rings is 2. The standard InChI is InChI=1S/C17H16ClNS/c18-14-4-3-5-15(12-14)20-17-7-2-1-6-16(17)13-8-10-19-11-9-13/h1-8,12,19H,9-11H2. The molecule has 2 aromatic carbocycles. The van der Waals surface area contributed by atoms with E-state index in [0.29, 0.717) is 0 Å². The van der Waals surface area contributed by atoms with E-state index in [1.54, 1.807) is 11.8 Å². The molecule has 0 aliphatic carbocycles. The van der Waals surface area contributed by atoms with E-state index >= 15 is 0 Å². The van der Waals surface area contributed by atoms with Gasteiger partial charge in [-0.15, -0.1) is 0 Å². The first-order chi connectivity index (χ1) is 9.83. The third-order valence-corrected chi connectivity index (χ3v) is 4.62. The largest absolute Gasteiger partial charge is 0.313 e. The summed E-state index contributed by atoms with van der Waals surface area (Å²) in [7, 11) is 0. The molecular formula is C17H16ClNS. The van der Waals surface area contributed by atoms with Crippen LogP contribution in [0.4, 0.5) is 0 Å². The maximum atomic E-state index is 6.07. The molecule has 0 radical (unpaired) electrons. The van der Waals surface area contributed by atoms with E-state index in [9.17, 15) is 0 Å². The second-order valence-electron chi connectivity index (χ2n) is 4.74. The van der Waals surface area contributed by atoms with Gasteiger partial charge in [0, 0.05) is 21.4 Å². The van der Waals surface area contributed by atoms with Crippen LogP contribution in [0.15, 0.2) is 64.4 Å². The van der Waals surface area contributed by atoms with Gasteiger partial charge in [0.05, 0.1) is 0 Å². The molecule has 2 aromatic rings. The topological polar surface area (TPSA) is 12.0 Å². The first kappa shape index (κ1) is 13.7. The molecule has 0 saturated heterocycles. The average Bonchev–Trinajstić information content (AvgIpc) is 2.49. The van der Waals surface area contributed by atoms with E-state index in [1.807, 2.05) is 18.2 Å². The van der Waals surface area contributed by atoms with Crippen LogP contribution in [0.1, 0.15) is 12.0 Å². The highest BCUT2D eigenvalue weighted by atomic mass is 35.5. The van der Waals surface area contributed by atoms with Crippen molar-refractivity contribution in [3.63, 3.8) is 0 Å². The zero-order valence-corrected chi connectivity index (χ0v) is 12.7. The lowest BCUT2D eigenvalue weighted by Crippen LogP contribution is -2.20. The maximum Gasteiger partial charge on any atom is 0.0417 e. The molecular weight excluding hydrogens is 286 g/mol. The quantitative estimate of drug-likeness (QED) is 0.868. The van der Waals surface area contributed by atoms with Gasteiger partial charge in [0.2, 0.25) is 0 Å². The lowest BCUT2D eigenvalue weighted by atomic mass is 10.0. The number of rotatable bonds is 3. The summed E-state index contributed by atoms with van der Waals surface area (Å²) in [5.74, 6) is 0. The number of halogens is 1. The predicted octanol–water partition coefficient (Wildman–Crippen LogP) is 4.87. The zero-order chi connectivity index (χ0) is 13.8. The van der Waals surface area contributed by atoms with Gasteiger partial charge in [0.15, 0.2) is 0 Å². The Balaban J connectivity index is 1.92. The average molecular weight is 302 g/mol. The molecule has 1 N–H and O–H groups in total. The predicted molar refractivity (Wildman–Crippen MR) is 87.5 cm³/mol. The fraction of sp³-hybridized carbons (Fsp3) is 0.176. The molecule has 0 unspecified atom stereocenters. The molecule has 1 nitrogen and oxygen atoms in total. The first-order valence-corrected chi connectivity index (χ1v) is 7.95. The van der Waals surface area contributed by atoms with Gasteiger partial charge in [-0.05, 0) is 48.4 Å². The molecule has 0 aromatic heterocycles. The lowest BCUT2D eigenvalue weighted by Gasteiger charge is -2.17. The van der Waals surface area contributed by atoms with E-state index < -0.39 is 0 Å². The summed E-state index contributed by atoms with van der Waals surface area (Å²) in [5, 5.41) is 4.15. The number of hydrogen-bond donors (Lipinski definition) is 1. The second-order valence-corrected chi connectivity index (χ2v) is 6.29. The molecule has 0 bridgehead atoms. The van der Waals surface area contributed by atoms with Crippen LogP contribution in [0, 0.1) is 0 Å². The minimum atomic E-state index is 0.786. The third kappa shape index (κ3) is 3.26. The number of nitrogens with one attached hydrogen (secondary N) is 1. The second kappa shape index (κ2) is 6.49. The van der Waals surface area contributed by atoms with E-state index in [0.717, 1.165) is 24.5 Å². The third-order valence-electron chi connectivity index (χ3n) is 3.32. The maximum absolute atomic E-state index is 6.07. The molecule has 3 rings (SSSR count). The Morgan fingerprint density at radius 2 is 1.95 bits per heavy atom. The Morgan fingerprint density at radius 1 is 1.05 bits per heavy atom. The molecule has 0 spiro atoms. The molecule has 1 heterocycles. The summed E-state index contributed by atoms with van der Waals surface area (Å²) in [6.07, 6.45) is 3.38. The monoisotopic (exact) mass is 301 g/mol. The van der Waals surface area contributed by atoms with Gasteiger partial charge in [0.1, 0.15) is 0 Å². The van der Waals surface area contributed by atoms with E-state index in [-0.39, 0.29) is 0 Å². The fourth-order valence-electron chi connectivity index (χ4n) is 2.35. The van der Waals surface area contributed by atoms with Crippen LogP contribution in [-0.4, -0.2) is 13.1 Å². The summed E-state index contributed by atoms with van der Waals surface area (Å²) < 4.78 is 0. The normalized spacial score (nSPS) is 14.9. The molecule has 1 aliphatic heterocycles. The van der Waals surface area contributed by atoms with E-state index in [4.69, 9.17) is 11.6 Å². The summed E-state index contributed by atoms with van der Waals surface area (Å²) in [6.45, 7) is 2.02. The van der Waals surface area contributed by atoms with Gasteiger partial charge < -0.3 is 5.32 Å². The number of hydrogen-bond acceptors (Lipinski definition) is 2. The Hall–Kier alpha value is -1.22. The van der Waals surface area contributed by atoms with Crippen molar-refractivity contribution in [1.82, 2.24) is 5.32 Å². The Labute approximate surface area is 129 Å². The van der Waals surface area contributed by atoms with Crippen LogP contribution in [0.25, 0.3) is 5.57 Å². The molecule has 1 aliphatic rings. The molecule has 20 heavy (non-hydrogen) atoms. The molecule has 0 atom stereocenters. The molecule has 102 valence electrons. The van der Waals surface area contributed by atoms with Gasteiger partial charge >= 0.3 is 0 Å². The van der Waals surface area contributed by atoms with E-state index in [2.05, 4.69) is 41.7 Å². The highest BCUT2D eigenvalue weighted by molar-refractivity contribution is 7.99. The zero-order valence-electron chi connectivity index (χ0n) is 11.1. The van der Waals surface area contributed by atoms with Crippen LogP contribution < -0.4 is 5.32 Å². The minimum Gasteiger partial charge on any atom is -0.313 e. The van der Waals surface area contributed by atoms with E-state index in [1.165, 1.54) is 20.9 Å². The molecule has 0 saturated carbocycles. The van der Waals surface area contributed by atoms with Crippen molar-refractivity contribution in [2.75, 3.05) is 13.1 Å². The summed E-state index contributed by atoms with van der Waals surface area (Å²) in [5.41, 5.74) is 2.79. The minimum absolute atomic E-state index is 0.786. The van der Waals surface area contributed by atoms with Gasteiger partial charge in [-0.25, -0.2) is 0 Å². The highest BCUT2D eigenvalue weighted by Crippen LogP contribution is 2.35. The van der Waals surface area contributed by atoms with Crippen molar-refractivity contribution >= 4 is 28.9 Å². The van der Waals surface area contributed by atoms with Crippen LogP contribution in [-0.2, 0) is 0 Å². The lowest BCUT2D eigenvalue weighted by molar-refractivity contribution is 0.737. The molecule has 0 amide bonds. The van der Waals surface area contributed by atoms with Crippen LogP contribution >= 0.6 is 23.4 Å². The van der Waals surface area contributed by atoms with Crippen LogP contribution in [0.3, 0.4) is 0 Å². The van der Waals surface area contributed by atoms with Crippen molar-refractivity contribution in [3.8, 4) is 0 Å². The smallest absolute Gasteiger partial charge is 0.0417 e. The Morgan fingerprint density at radius 3 is 2.75 bits per heavy atom. The molecule has 0 fully saturated rings. The van der Waals surface area contributed by atoms with Gasteiger partial charge in [0.25, 0.3) is 0 Å². The fourth-order valence-corrected chi connectivity index (χ4v) is 3.64. The van der Waals surface area contributed by atoms with Gasteiger partial charge in [-0.2, -0.15) is 0 Å². The van der Waals surface area contributed by atoms with Gasteiger partial charge in [-0.1, -0.05) is 53.7 Å². The highest BCUT2D eigenvalue weighted by Gasteiger charge is 2.11. The summed E-state index contributed by atoms with van der Waals surface area (Å²) in [4.78, 5) is 2.47. The summed E-state index contributed by atoms with van der Waals surface area (Å²) in [6, 6.07) is 16.6. The first-order valence-electron chi connectivity index (χ1n) is 6.75. The van der Waals surface area contributed by atoms with Crippen molar-refractivity contribution in [2.45, 2.75) is 16.2 Å². The van der Waals surface area contributed by atoms with Crippen LogP contribution in [0.2, 0.25) is 5.02 Å². The Bertz CT molecular complexity index is 636. The van der Waals surface area contributed by atoms with Crippen molar-refractivity contribution in [2.24, 2.45) is 0 Å². The van der Waals surface area contributed by atoms with Gasteiger partial charge in [-0.3, -0.25) is 0 Å². The van der Waals surface area contributed by atoms with Crippen molar-refractivity contribution in [1.29, 1.82) is 0 Å². The van der Waals surface area contributed by atoms with Crippen LogP contribution in [0.5, 0.6) is 0 Å². The Kier molecular flexibility index (Phi) is 4.46.